The van der Waals surface area contributed by atoms with Crippen molar-refractivity contribution in [2.24, 2.45) is 0 Å². The molecule has 0 unspecified atom stereocenters. The smallest absolute Gasteiger partial charge is 0.125 e. The number of nitrogen functional groups attached to an aromatic ring is 1. The van der Waals surface area contributed by atoms with Gasteiger partial charge < -0.3 is 5.73 Å². The molecule has 0 spiro atoms. The number of pyridine rings is 1. The summed E-state index contributed by atoms with van der Waals surface area (Å²) < 4.78 is 12.8. The molecule has 0 bridgehead atoms. The van der Waals surface area contributed by atoms with E-state index in [1.807, 2.05) is 18.3 Å². The third-order valence-corrected chi connectivity index (χ3v) is 3.43. The molecule has 0 aliphatic carbocycles. The molecule has 0 fully saturated rings. The van der Waals surface area contributed by atoms with Gasteiger partial charge in [0.25, 0.3) is 0 Å². The zero-order chi connectivity index (χ0) is 12.1. The lowest BCUT2D eigenvalue weighted by Crippen LogP contribution is -1.93. The minimum atomic E-state index is -0.292. The number of aryl methyl sites for hydroxylation is 1. The lowest BCUT2D eigenvalue weighted by atomic mass is 10.2. The fourth-order valence-corrected chi connectivity index (χ4v) is 2.42. The van der Waals surface area contributed by atoms with Crippen LogP contribution in [0.25, 0.3) is 0 Å². The van der Waals surface area contributed by atoms with Crippen molar-refractivity contribution in [2.45, 2.75) is 11.3 Å². The molecular formula is C13H13FN2S. The number of anilines is 1. The molecule has 88 valence electrons. The number of hydrogen-bond acceptors (Lipinski definition) is 3. The molecule has 2 nitrogen and oxygen atoms in total. The molecule has 2 rings (SSSR count). The van der Waals surface area contributed by atoms with Crippen molar-refractivity contribution in [1.29, 1.82) is 0 Å². The largest absolute Gasteiger partial charge is 0.398 e. The van der Waals surface area contributed by atoms with Crippen molar-refractivity contribution in [3.63, 3.8) is 0 Å². The summed E-state index contributed by atoms with van der Waals surface area (Å²) in [7, 11) is 0. The zero-order valence-electron chi connectivity index (χ0n) is 9.27. The molecule has 2 aromatic rings. The van der Waals surface area contributed by atoms with Gasteiger partial charge in [-0.2, -0.15) is 0 Å². The SMILES string of the molecule is Nc1cc(F)ccc1SCCc1cccnc1. The normalized spacial score (nSPS) is 10.4. The molecule has 0 aliphatic heterocycles. The van der Waals surface area contributed by atoms with Gasteiger partial charge in [0.2, 0.25) is 0 Å². The van der Waals surface area contributed by atoms with Crippen LogP contribution in [0.5, 0.6) is 0 Å². The van der Waals surface area contributed by atoms with Gasteiger partial charge in [-0.25, -0.2) is 4.39 Å². The minimum absolute atomic E-state index is 0.292. The van der Waals surface area contributed by atoms with Crippen molar-refractivity contribution >= 4 is 17.4 Å². The number of hydrogen-bond donors (Lipinski definition) is 1. The van der Waals surface area contributed by atoms with Gasteiger partial charge >= 0.3 is 0 Å². The Hall–Kier alpha value is -1.55. The molecule has 0 aliphatic rings. The molecule has 0 saturated carbocycles. The number of nitrogens with zero attached hydrogens (tertiary/aromatic N) is 1. The summed E-state index contributed by atoms with van der Waals surface area (Å²) in [4.78, 5) is 4.98. The maximum absolute atomic E-state index is 12.8. The third-order valence-electron chi connectivity index (χ3n) is 2.34. The minimum Gasteiger partial charge on any atom is -0.398 e. The second-order valence-corrected chi connectivity index (χ2v) is 4.78. The molecule has 1 aromatic heterocycles. The van der Waals surface area contributed by atoms with E-state index in [2.05, 4.69) is 4.98 Å². The summed E-state index contributed by atoms with van der Waals surface area (Å²) in [5, 5.41) is 0. The standard InChI is InChI=1S/C13H13FN2S/c14-11-3-4-13(12(15)8-11)17-7-5-10-2-1-6-16-9-10/h1-4,6,8-9H,5,7,15H2. The molecule has 17 heavy (non-hydrogen) atoms. The third kappa shape index (κ3) is 3.46. The number of thioether (sulfide) groups is 1. The van der Waals surface area contributed by atoms with Crippen LogP contribution in [-0.2, 0) is 6.42 Å². The van der Waals surface area contributed by atoms with Crippen LogP contribution in [0, 0.1) is 5.82 Å². The predicted molar refractivity (Wildman–Crippen MR) is 69.5 cm³/mol. The van der Waals surface area contributed by atoms with E-state index in [1.54, 1.807) is 24.0 Å². The lowest BCUT2D eigenvalue weighted by molar-refractivity contribution is 0.627. The first kappa shape index (κ1) is 11.9. The second-order valence-electron chi connectivity index (χ2n) is 3.64. The topological polar surface area (TPSA) is 38.9 Å². The molecule has 0 radical (unpaired) electrons. The molecule has 0 amide bonds. The first-order chi connectivity index (χ1) is 8.25. The van der Waals surface area contributed by atoms with Gasteiger partial charge in [0.05, 0.1) is 0 Å². The number of nitrogens with two attached hydrogens (primary N) is 1. The summed E-state index contributed by atoms with van der Waals surface area (Å²) in [5.74, 6) is 0.612. The average molecular weight is 248 g/mol. The fourth-order valence-electron chi connectivity index (χ4n) is 1.48. The van der Waals surface area contributed by atoms with E-state index in [4.69, 9.17) is 5.73 Å². The summed E-state index contributed by atoms with van der Waals surface area (Å²) >= 11 is 1.63. The van der Waals surface area contributed by atoms with E-state index in [1.165, 1.54) is 17.7 Å². The van der Waals surface area contributed by atoms with Gasteiger partial charge in [-0.15, -0.1) is 11.8 Å². The number of halogens is 1. The van der Waals surface area contributed by atoms with Crippen LogP contribution in [0.4, 0.5) is 10.1 Å². The molecule has 0 atom stereocenters. The molecule has 1 aromatic carbocycles. The fraction of sp³-hybridized carbons (Fsp3) is 0.154. The molecule has 4 heteroatoms. The zero-order valence-corrected chi connectivity index (χ0v) is 10.1. The quantitative estimate of drug-likeness (QED) is 0.667. The Kier molecular flexibility index (Phi) is 3.98. The molecule has 1 heterocycles. The maximum atomic E-state index is 12.8. The van der Waals surface area contributed by atoms with Crippen LogP contribution in [-0.4, -0.2) is 10.7 Å². The van der Waals surface area contributed by atoms with Gasteiger partial charge in [-0.05, 0) is 36.2 Å². The molecule has 0 saturated heterocycles. The Balaban J connectivity index is 1.90. The van der Waals surface area contributed by atoms with Crippen molar-refractivity contribution in [3.8, 4) is 0 Å². The van der Waals surface area contributed by atoms with E-state index < -0.39 is 0 Å². The monoisotopic (exact) mass is 248 g/mol. The van der Waals surface area contributed by atoms with Gasteiger partial charge in [0.1, 0.15) is 5.82 Å². The summed E-state index contributed by atoms with van der Waals surface area (Å²) in [6.45, 7) is 0. The van der Waals surface area contributed by atoms with Crippen molar-refractivity contribution < 1.29 is 4.39 Å². The Morgan fingerprint density at radius 1 is 1.29 bits per heavy atom. The van der Waals surface area contributed by atoms with Crippen molar-refractivity contribution in [1.82, 2.24) is 4.98 Å². The first-order valence-corrected chi connectivity index (χ1v) is 6.31. The highest BCUT2D eigenvalue weighted by Crippen LogP contribution is 2.26. The number of rotatable bonds is 4. The Morgan fingerprint density at radius 2 is 2.18 bits per heavy atom. The van der Waals surface area contributed by atoms with Crippen molar-refractivity contribution in [3.05, 3.63) is 54.1 Å². The molecular weight excluding hydrogens is 235 g/mol. The van der Waals surface area contributed by atoms with Gasteiger partial charge in [0, 0.05) is 28.7 Å². The van der Waals surface area contributed by atoms with Crippen molar-refractivity contribution in [2.75, 3.05) is 11.5 Å². The van der Waals surface area contributed by atoms with Gasteiger partial charge in [0.15, 0.2) is 0 Å². The highest BCUT2D eigenvalue weighted by atomic mass is 32.2. The first-order valence-electron chi connectivity index (χ1n) is 5.32. The van der Waals surface area contributed by atoms with Crippen LogP contribution in [0.1, 0.15) is 5.56 Å². The summed E-state index contributed by atoms with van der Waals surface area (Å²) in [6, 6.07) is 8.47. The molecule has 2 N–H and O–H groups in total. The highest BCUT2D eigenvalue weighted by Gasteiger charge is 2.01. The Morgan fingerprint density at radius 3 is 2.88 bits per heavy atom. The van der Waals surface area contributed by atoms with E-state index >= 15 is 0 Å². The lowest BCUT2D eigenvalue weighted by Gasteiger charge is -2.05. The van der Waals surface area contributed by atoms with E-state index in [-0.39, 0.29) is 5.82 Å². The maximum Gasteiger partial charge on any atom is 0.125 e. The van der Waals surface area contributed by atoms with Crippen LogP contribution in [0.2, 0.25) is 0 Å². The van der Waals surface area contributed by atoms with Crippen LogP contribution in [0.15, 0.2) is 47.6 Å². The second kappa shape index (κ2) is 5.68. The van der Waals surface area contributed by atoms with E-state index in [0.717, 1.165) is 17.1 Å². The average Bonchev–Trinajstić information content (AvgIpc) is 2.33. The Labute approximate surface area is 104 Å². The Bertz CT molecular complexity index is 488. The van der Waals surface area contributed by atoms with Crippen LogP contribution >= 0.6 is 11.8 Å². The summed E-state index contributed by atoms with van der Waals surface area (Å²) in [6.07, 6.45) is 4.54. The van der Waals surface area contributed by atoms with Gasteiger partial charge in [-0.1, -0.05) is 6.07 Å². The number of aromatic nitrogens is 1. The number of benzene rings is 1. The predicted octanol–water partition coefficient (Wildman–Crippen LogP) is 3.14. The summed E-state index contributed by atoms with van der Waals surface area (Å²) in [5.41, 5.74) is 7.42. The van der Waals surface area contributed by atoms with Crippen LogP contribution in [0.3, 0.4) is 0 Å². The van der Waals surface area contributed by atoms with Crippen LogP contribution < -0.4 is 5.73 Å². The van der Waals surface area contributed by atoms with Gasteiger partial charge in [-0.3, -0.25) is 4.98 Å². The van der Waals surface area contributed by atoms with E-state index in [9.17, 15) is 4.39 Å². The highest BCUT2D eigenvalue weighted by molar-refractivity contribution is 7.99. The van der Waals surface area contributed by atoms with E-state index in [0.29, 0.717) is 5.69 Å².